The average molecular weight is 237 g/mol. The van der Waals surface area contributed by atoms with E-state index in [0.29, 0.717) is 5.56 Å². The number of nitro benzene ring substituents is 1. The summed E-state index contributed by atoms with van der Waals surface area (Å²) in [7, 11) is 0. The third kappa shape index (κ3) is 2.30. The maximum absolute atomic E-state index is 11.0. The molecule has 1 aliphatic heterocycles. The first-order chi connectivity index (χ1) is 7.91. The Balaban J connectivity index is 2.38. The molecular weight excluding hydrogens is 222 g/mol. The van der Waals surface area contributed by atoms with Crippen LogP contribution in [-0.4, -0.2) is 16.8 Å². The predicted molar refractivity (Wildman–Crippen MR) is 61.5 cm³/mol. The average Bonchev–Trinajstić information content (AvgIpc) is 2.52. The van der Waals surface area contributed by atoms with Crippen molar-refractivity contribution in [3.63, 3.8) is 0 Å². The Morgan fingerprint density at radius 1 is 1.29 bits per heavy atom. The molecule has 1 heterocycles. The van der Waals surface area contributed by atoms with Gasteiger partial charge in [-0.1, -0.05) is 12.1 Å². The monoisotopic (exact) mass is 237 g/mol. The lowest BCUT2D eigenvalue weighted by Gasteiger charge is -2.16. The van der Waals surface area contributed by atoms with Gasteiger partial charge >= 0.3 is 0 Å². The van der Waals surface area contributed by atoms with Crippen LogP contribution in [0.5, 0.6) is 0 Å². The molecule has 0 radical (unpaired) electrons. The zero-order chi connectivity index (χ0) is 12.6. The molecule has 0 aromatic heterocycles. The maximum Gasteiger partial charge on any atom is 0.275 e. The zero-order valence-electron chi connectivity index (χ0n) is 10.0. The third-order valence-corrected chi connectivity index (χ3v) is 2.75. The molecule has 0 unspecified atom stereocenters. The van der Waals surface area contributed by atoms with Gasteiger partial charge < -0.3 is 9.47 Å². The molecule has 1 fully saturated rings. The van der Waals surface area contributed by atoms with Gasteiger partial charge in [0.1, 0.15) is 6.10 Å². The summed E-state index contributed by atoms with van der Waals surface area (Å²) in [5, 5.41) is 11.0. The Bertz CT molecular complexity index is 444. The quantitative estimate of drug-likeness (QED) is 0.586. The molecule has 1 saturated heterocycles. The fourth-order valence-electron chi connectivity index (χ4n) is 2.15. The second-order valence-electron chi connectivity index (χ2n) is 4.58. The Morgan fingerprint density at radius 2 is 1.94 bits per heavy atom. The smallest absolute Gasteiger partial charge is 0.275 e. The summed E-state index contributed by atoms with van der Waals surface area (Å²) < 4.78 is 11.3. The highest BCUT2D eigenvalue weighted by molar-refractivity contribution is 5.42. The van der Waals surface area contributed by atoms with Gasteiger partial charge in [-0.05, 0) is 26.8 Å². The molecule has 1 aromatic rings. The van der Waals surface area contributed by atoms with E-state index in [4.69, 9.17) is 9.47 Å². The number of hydrogen-bond acceptors (Lipinski definition) is 4. The lowest BCUT2D eigenvalue weighted by Crippen LogP contribution is -2.20. The van der Waals surface area contributed by atoms with E-state index in [2.05, 4.69) is 0 Å². The molecule has 2 atom stereocenters. The number of benzene rings is 1. The van der Waals surface area contributed by atoms with Gasteiger partial charge in [-0.15, -0.1) is 0 Å². The molecule has 2 rings (SSSR count). The second kappa shape index (κ2) is 4.09. The van der Waals surface area contributed by atoms with Crippen molar-refractivity contribution in [2.45, 2.75) is 38.8 Å². The minimum atomic E-state index is -0.701. The zero-order valence-corrected chi connectivity index (χ0v) is 10.0. The van der Waals surface area contributed by atoms with E-state index in [-0.39, 0.29) is 11.8 Å². The molecule has 0 bridgehead atoms. The van der Waals surface area contributed by atoms with Crippen LogP contribution in [0.1, 0.15) is 32.4 Å². The summed E-state index contributed by atoms with van der Waals surface area (Å²) in [4.78, 5) is 10.6. The normalized spacial score (nSPS) is 27.0. The van der Waals surface area contributed by atoms with E-state index in [9.17, 15) is 10.1 Å². The molecule has 5 heteroatoms. The first kappa shape index (κ1) is 12.0. The SMILES string of the molecule is C[C@@H]1OC(C)(C)O[C@H]1c1ccccc1[N+](=O)[O-]. The van der Waals surface area contributed by atoms with Crippen molar-refractivity contribution in [1.29, 1.82) is 0 Å². The minimum Gasteiger partial charge on any atom is -0.344 e. The number of para-hydroxylation sites is 1. The molecular formula is C12H15NO4. The van der Waals surface area contributed by atoms with Crippen molar-refractivity contribution < 1.29 is 14.4 Å². The van der Waals surface area contributed by atoms with E-state index in [1.165, 1.54) is 6.07 Å². The molecule has 92 valence electrons. The molecule has 5 nitrogen and oxygen atoms in total. The van der Waals surface area contributed by atoms with Crippen molar-refractivity contribution in [2.24, 2.45) is 0 Å². The standard InChI is InChI=1S/C12H15NO4/c1-8-11(17-12(2,3)16-8)9-6-4-5-7-10(9)13(14)15/h4-8,11H,1-3H3/t8-,11+/m0/s1. The Labute approximate surface area is 99.5 Å². The van der Waals surface area contributed by atoms with Gasteiger partial charge in [0.2, 0.25) is 0 Å². The van der Waals surface area contributed by atoms with Crippen molar-refractivity contribution in [1.82, 2.24) is 0 Å². The maximum atomic E-state index is 11.0. The lowest BCUT2D eigenvalue weighted by molar-refractivity contribution is -0.386. The summed E-state index contributed by atoms with van der Waals surface area (Å²) in [6.45, 7) is 5.46. The van der Waals surface area contributed by atoms with Crippen LogP contribution in [-0.2, 0) is 9.47 Å². The number of rotatable bonds is 2. The molecule has 0 aliphatic carbocycles. The van der Waals surface area contributed by atoms with Crippen LogP contribution in [0.3, 0.4) is 0 Å². The Kier molecular flexibility index (Phi) is 2.89. The van der Waals surface area contributed by atoms with Crippen molar-refractivity contribution in [3.05, 3.63) is 39.9 Å². The van der Waals surface area contributed by atoms with Crippen molar-refractivity contribution in [3.8, 4) is 0 Å². The molecule has 0 N–H and O–H groups in total. The van der Waals surface area contributed by atoms with Gasteiger partial charge in [0.15, 0.2) is 5.79 Å². The van der Waals surface area contributed by atoms with Crippen LogP contribution in [0.2, 0.25) is 0 Å². The Morgan fingerprint density at radius 3 is 2.47 bits per heavy atom. The van der Waals surface area contributed by atoms with Gasteiger partial charge in [0, 0.05) is 6.07 Å². The molecule has 1 aromatic carbocycles. The summed E-state index contributed by atoms with van der Waals surface area (Å²) in [6, 6.07) is 6.61. The van der Waals surface area contributed by atoms with Gasteiger partial charge in [0.05, 0.1) is 16.6 Å². The van der Waals surface area contributed by atoms with E-state index in [0.717, 1.165) is 0 Å². The number of ether oxygens (including phenoxy) is 2. The Hall–Kier alpha value is -1.46. The van der Waals surface area contributed by atoms with E-state index in [1.54, 1.807) is 32.0 Å². The van der Waals surface area contributed by atoms with Crippen LogP contribution in [0, 0.1) is 10.1 Å². The van der Waals surface area contributed by atoms with E-state index in [1.807, 2.05) is 6.92 Å². The summed E-state index contributed by atoms with van der Waals surface area (Å²) in [5.74, 6) is -0.701. The molecule has 17 heavy (non-hydrogen) atoms. The first-order valence-electron chi connectivity index (χ1n) is 5.50. The van der Waals surface area contributed by atoms with Gasteiger partial charge in [0.25, 0.3) is 5.69 Å². The van der Waals surface area contributed by atoms with Gasteiger partial charge in [-0.2, -0.15) is 0 Å². The molecule has 1 aliphatic rings. The van der Waals surface area contributed by atoms with Crippen molar-refractivity contribution in [2.75, 3.05) is 0 Å². The fourth-order valence-corrected chi connectivity index (χ4v) is 2.15. The molecule has 0 amide bonds. The highest BCUT2D eigenvalue weighted by atomic mass is 16.7. The summed E-state index contributed by atoms with van der Waals surface area (Å²) in [5.41, 5.74) is 0.640. The highest BCUT2D eigenvalue weighted by Gasteiger charge is 2.41. The van der Waals surface area contributed by atoms with Crippen LogP contribution in [0.25, 0.3) is 0 Å². The topological polar surface area (TPSA) is 61.6 Å². The summed E-state index contributed by atoms with van der Waals surface area (Å²) >= 11 is 0. The predicted octanol–water partition coefficient (Wildman–Crippen LogP) is 2.81. The van der Waals surface area contributed by atoms with Gasteiger partial charge in [-0.25, -0.2) is 0 Å². The number of nitro groups is 1. The highest BCUT2D eigenvalue weighted by Crippen LogP contribution is 2.40. The summed E-state index contributed by atoms with van der Waals surface area (Å²) in [6.07, 6.45) is -0.599. The largest absolute Gasteiger partial charge is 0.344 e. The molecule has 0 saturated carbocycles. The number of nitrogens with zero attached hydrogens (tertiary/aromatic N) is 1. The van der Waals surface area contributed by atoms with Crippen LogP contribution < -0.4 is 0 Å². The van der Waals surface area contributed by atoms with Crippen molar-refractivity contribution >= 4 is 5.69 Å². The van der Waals surface area contributed by atoms with E-state index >= 15 is 0 Å². The number of hydrogen-bond donors (Lipinski definition) is 0. The van der Waals surface area contributed by atoms with Crippen LogP contribution in [0.4, 0.5) is 5.69 Å². The fraction of sp³-hybridized carbons (Fsp3) is 0.500. The third-order valence-electron chi connectivity index (χ3n) is 2.75. The van der Waals surface area contributed by atoms with E-state index < -0.39 is 16.8 Å². The first-order valence-corrected chi connectivity index (χ1v) is 5.50. The van der Waals surface area contributed by atoms with Gasteiger partial charge in [-0.3, -0.25) is 10.1 Å². The van der Waals surface area contributed by atoms with Crippen LogP contribution in [0.15, 0.2) is 24.3 Å². The minimum absolute atomic E-state index is 0.0747. The molecule has 0 spiro atoms. The van der Waals surface area contributed by atoms with Crippen LogP contribution >= 0.6 is 0 Å². The lowest BCUT2D eigenvalue weighted by atomic mass is 10.0. The second-order valence-corrected chi connectivity index (χ2v) is 4.58.